The number of benzene rings is 1. The number of amides is 3. The minimum Gasteiger partial charge on any atom is -0.459 e. The quantitative estimate of drug-likeness (QED) is 0.656. The molecule has 0 radical (unpaired) electrons. The molecule has 0 unspecified atom stereocenters. The fraction of sp³-hybridized carbons (Fsp3) is 0.381. The predicted molar refractivity (Wildman–Crippen MR) is 107 cm³/mol. The van der Waals surface area contributed by atoms with Crippen LogP contribution in [0.3, 0.4) is 0 Å². The van der Waals surface area contributed by atoms with Crippen molar-refractivity contribution in [3.63, 3.8) is 0 Å². The Labute approximate surface area is 165 Å². The molecule has 2 rings (SSSR count). The van der Waals surface area contributed by atoms with E-state index in [4.69, 9.17) is 4.42 Å². The largest absolute Gasteiger partial charge is 0.459 e. The van der Waals surface area contributed by atoms with Crippen LogP contribution in [0, 0.1) is 0 Å². The van der Waals surface area contributed by atoms with Gasteiger partial charge in [0, 0.05) is 37.3 Å². The van der Waals surface area contributed by atoms with Gasteiger partial charge in [0.1, 0.15) is 0 Å². The fourth-order valence-corrected chi connectivity index (χ4v) is 2.74. The smallest absolute Gasteiger partial charge is 0.286 e. The minimum absolute atomic E-state index is 0.00205. The average molecular weight is 385 g/mol. The van der Waals surface area contributed by atoms with Gasteiger partial charge >= 0.3 is 0 Å². The van der Waals surface area contributed by atoms with Crippen molar-refractivity contribution in [1.29, 1.82) is 0 Å². The van der Waals surface area contributed by atoms with Gasteiger partial charge in [-0.25, -0.2) is 0 Å². The lowest BCUT2D eigenvalue weighted by atomic mass is 10.1. The van der Waals surface area contributed by atoms with E-state index in [0.717, 1.165) is 25.9 Å². The zero-order valence-corrected chi connectivity index (χ0v) is 16.4. The number of rotatable bonds is 10. The molecule has 0 aliphatic carbocycles. The highest BCUT2D eigenvalue weighted by Gasteiger charge is 2.14. The van der Waals surface area contributed by atoms with E-state index in [-0.39, 0.29) is 36.4 Å². The number of carbonyl (C=O) groups excluding carboxylic acids is 3. The fourth-order valence-electron chi connectivity index (χ4n) is 2.74. The van der Waals surface area contributed by atoms with Gasteiger partial charge in [-0.1, -0.05) is 13.8 Å². The summed E-state index contributed by atoms with van der Waals surface area (Å²) in [6.07, 6.45) is 3.38. The molecule has 1 heterocycles. The van der Waals surface area contributed by atoms with Gasteiger partial charge in [0.2, 0.25) is 5.91 Å². The van der Waals surface area contributed by atoms with E-state index < -0.39 is 0 Å². The van der Waals surface area contributed by atoms with Crippen LogP contribution in [0.25, 0.3) is 0 Å². The summed E-state index contributed by atoms with van der Waals surface area (Å²) in [7, 11) is 0. The summed E-state index contributed by atoms with van der Waals surface area (Å²) >= 11 is 0. The summed E-state index contributed by atoms with van der Waals surface area (Å²) in [5.74, 6) is -0.370. The highest BCUT2D eigenvalue weighted by atomic mass is 16.3. The standard InChI is InChI=1S/C21H27N3O4/c1-3-13-24(14-4-2)21(27)16-7-9-17(10-8-16)23-19(25)11-12-22-20(26)18-6-5-15-28-18/h5-10,15H,3-4,11-14H2,1-2H3,(H,22,26)(H,23,25). The SMILES string of the molecule is CCCN(CCC)C(=O)c1ccc(NC(=O)CCNC(=O)c2ccco2)cc1. The number of hydrogen-bond acceptors (Lipinski definition) is 4. The Balaban J connectivity index is 1.81. The lowest BCUT2D eigenvalue weighted by Crippen LogP contribution is -2.32. The summed E-state index contributed by atoms with van der Waals surface area (Å²) < 4.78 is 4.98. The average Bonchev–Trinajstić information content (AvgIpc) is 3.23. The van der Waals surface area contributed by atoms with Crippen LogP contribution in [-0.4, -0.2) is 42.3 Å². The van der Waals surface area contributed by atoms with Crippen LogP contribution >= 0.6 is 0 Å². The maximum Gasteiger partial charge on any atom is 0.286 e. The first-order chi connectivity index (χ1) is 13.5. The third-order valence-corrected chi connectivity index (χ3v) is 4.07. The molecule has 0 fully saturated rings. The third-order valence-electron chi connectivity index (χ3n) is 4.07. The van der Waals surface area contributed by atoms with Gasteiger partial charge in [-0.2, -0.15) is 0 Å². The Bertz CT molecular complexity index is 763. The van der Waals surface area contributed by atoms with Crippen molar-refractivity contribution in [2.24, 2.45) is 0 Å². The summed E-state index contributed by atoms with van der Waals surface area (Å²) in [5, 5.41) is 5.38. The summed E-state index contributed by atoms with van der Waals surface area (Å²) in [4.78, 5) is 38.1. The van der Waals surface area contributed by atoms with E-state index in [1.807, 2.05) is 18.7 Å². The van der Waals surface area contributed by atoms with E-state index in [2.05, 4.69) is 10.6 Å². The van der Waals surface area contributed by atoms with Gasteiger partial charge in [-0.3, -0.25) is 14.4 Å². The van der Waals surface area contributed by atoms with Crippen molar-refractivity contribution in [3.05, 3.63) is 54.0 Å². The molecule has 7 heteroatoms. The van der Waals surface area contributed by atoms with Crippen LogP contribution < -0.4 is 10.6 Å². The second-order valence-electron chi connectivity index (χ2n) is 6.40. The van der Waals surface area contributed by atoms with Gasteiger partial charge in [0.15, 0.2) is 5.76 Å². The first kappa shape index (κ1) is 21.2. The molecule has 7 nitrogen and oxygen atoms in total. The number of hydrogen-bond donors (Lipinski definition) is 2. The molecule has 0 atom stereocenters. The van der Waals surface area contributed by atoms with Crippen molar-refractivity contribution in [2.45, 2.75) is 33.1 Å². The highest BCUT2D eigenvalue weighted by Crippen LogP contribution is 2.13. The van der Waals surface area contributed by atoms with E-state index in [0.29, 0.717) is 11.3 Å². The molecule has 0 saturated heterocycles. The zero-order valence-electron chi connectivity index (χ0n) is 16.4. The van der Waals surface area contributed by atoms with Crippen LogP contribution in [-0.2, 0) is 4.79 Å². The molecule has 0 saturated carbocycles. The molecule has 2 aromatic rings. The Hall–Kier alpha value is -3.09. The van der Waals surface area contributed by atoms with Crippen LogP contribution in [0.5, 0.6) is 0 Å². The van der Waals surface area contributed by atoms with E-state index >= 15 is 0 Å². The normalized spacial score (nSPS) is 10.4. The van der Waals surface area contributed by atoms with Crippen molar-refractivity contribution < 1.29 is 18.8 Å². The van der Waals surface area contributed by atoms with Crippen molar-refractivity contribution in [1.82, 2.24) is 10.2 Å². The van der Waals surface area contributed by atoms with E-state index in [9.17, 15) is 14.4 Å². The molecule has 150 valence electrons. The molecule has 28 heavy (non-hydrogen) atoms. The maximum atomic E-state index is 12.6. The lowest BCUT2D eigenvalue weighted by molar-refractivity contribution is -0.116. The predicted octanol–water partition coefficient (Wildman–Crippen LogP) is 3.30. The first-order valence-electron chi connectivity index (χ1n) is 9.56. The lowest BCUT2D eigenvalue weighted by Gasteiger charge is -2.21. The molecule has 1 aromatic heterocycles. The topological polar surface area (TPSA) is 91.7 Å². The van der Waals surface area contributed by atoms with Crippen molar-refractivity contribution in [3.8, 4) is 0 Å². The van der Waals surface area contributed by atoms with E-state index in [1.165, 1.54) is 6.26 Å². The monoisotopic (exact) mass is 385 g/mol. The Morgan fingerprint density at radius 2 is 1.68 bits per heavy atom. The zero-order chi connectivity index (χ0) is 20.4. The van der Waals surface area contributed by atoms with Gasteiger partial charge < -0.3 is 20.0 Å². The molecule has 0 aliphatic heterocycles. The summed E-state index contributed by atoms with van der Waals surface area (Å²) in [5.41, 5.74) is 1.21. The minimum atomic E-state index is -0.357. The number of nitrogens with one attached hydrogen (secondary N) is 2. The maximum absolute atomic E-state index is 12.6. The van der Waals surface area contributed by atoms with Crippen LogP contribution in [0.2, 0.25) is 0 Å². The molecule has 0 spiro atoms. The Kier molecular flexibility index (Phi) is 8.27. The molecule has 3 amide bonds. The van der Waals surface area contributed by atoms with Gasteiger partial charge in [-0.05, 0) is 49.2 Å². The Morgan fingerprint density at radius 3 is 2.25 bits per heavy atom. The Morgan fingerprint density at radius 1 is 1.00 bits per heavy atom. The van der Waals surface area contributed by atoms with Crippen molar-refractivity contribution >= 4 is 23.4 Å². The molecule has 1 aromatic carbocycles. The number of nitrogens with zero attached hydrogens (tertiary/aromatic N) is 1. The van der Waals surface area contributed by atoms with Gasteiger partial charge in [0.05, 0.1) is 6.26 Å². The summed E-state index contributed by atoms with van der Waals surface area (Å²) in [6.45, 7) is 5.76. The first-order valence-corrected chi connectivity index (χ1v) is 9.56. The number of furan rings is 1. The number of anilines is 1. The highest BCUT2D eigenvalue weighted by molar-refractivity contribution is 5.96. The van der Waals surface area contributed by atoms with E-state index in [1.54, 1.807) is 36.4 Å². The van der Waals surface area contributed by atoms with Crippen LogP contribution in [0.15, 0.2) is 47.1 Å². The molecule has 0 aliphatic rings. The molecule has 0 bridgehead atoms. The number of carbonyl (C=O) groups is 3. The third kappa shape index (κ3) is 6.26. The second-order valence-corrected chi connectivity index (χ2v) is 6.40. The second kappa shape index (κ2) is 10.9. The molecular weight excluding hydrogens is 358 g/mol. The van der Waals surface area contributed by atoms with Gasteiger partial charge in [0.25, 0.3) is 11.8 Å². The van der Waals surface area contributed by atoms with Crippen LogP contribution in [0.1, 0.15) is 54.0 Å². The van der Waals surface area contributed by atoms with Crippen molar-refractivity contribution in [2.75, 3.05) is 25.0 Å². The van der Waals surface area contributed by atoms with Crippen LogP contribution in [0.4, 0.5) is 5.69 Å². The molecular formula is C21H27N3O4. The van der Waals surface area contributed by atoms with Gasteiger partial charge in [-0.15, -0.1) is 0 Å². The molecule has 2 N–H and O–H groups in total. The summed E-state index contributed by atoms with van der Waals surface area (Å²) in [6, 6.07) is 10.0.